The summed E-state index contributed by atoms with van der Waals surface area (Å²) in [6.07, 6.45) is -1.65. The van der Waals surface area contributed by atoms with Crippen LogP contribution in [0.3, 0.4) is 0 Å². The number of benzene rings is 1. The Bertz CT molecular complexity index is 1990. The fourth-order valence-electron chi connectivity index (χ4n) is 11.6. The summed E-state index contributed by atoms with van der Waals surface area (Å²) in [6, 6.07) is 5.53. The Labute approximate surface area is 471 Å². The molecule has 0 unspecified atom stereocenters. The second-order valence-corrected chi connectivity index (χ2v) is 24.6. The lowest BCUT2D eigenvalue weighted by atomic mass is 9.77. The largest absolute Gasteiger partial charge is 0.448 e. The second kappa shape index (κ2) is 27.4. The summed E-state index contributed by atoms with van der Waals surface area (Å²) in [6.45, 7) is 16.7. The number of hydrogen-bond donors (Lipinski definition) is 5. The molecule has 6 N–H and O–H groups in total. The number of hydrogen-bond acceptors (Lipinski definition) is 17. The van der Waals surface area contributed by atoms with Crippen LogP contribution in [0.2, 0.25) is 0 Å². The van der Waals surface area contributed by atoms with Crippen molar-refractivity contribution in [3.05, 3.63) is 41.7 Å². The SMILES string of the molecule is CO[C@H](c1ccc(N2CCC(F)(F)C2)cc1)[C@@H](CF)N(N)/C=C(/CCN(C)[C@@H]1C[C@H](O[C@@H]2[C@@H](C)[C@H](O[C@H]3C[C@@](C)(OC)C[C@H](C)O3)[C@@H](C)C(=O)O[C@H](I)[C@@](C)(O)[C@H](O)[C@@H](C)N(C)C[C@H](C)C[C@@]2(C)O)O[C@H](C)C1)NI. The van der Waals surface area contributed by atoms with E-state index < -0.39 is 100 Å². The van der Waals surface area contributed by atoms with Crippen LogP contribution in [0, 0.1) is 17.8 Å². The Morgan fingerprint density at radius 1 is 1.00 bits per heavy atom. The average Bonchev–Trinajstić information content (AvgIpc) is 3.72. The molecule has 0 spiro atoms. The molecule has 18 atom stereocenters. The van der Waals surface area contributed by atoms with E-state index in [0.29, 0.717) is 56.4 Å². The lowest BCUT2D eigenvalue weighted by molar-refractivity contribution is -0.291. The van der Waals surface area contributed by atoms with E-state index in [0.717, 1.165) is 5.70 Å². The number of methoxy groups -OCH3 is 2. The summed E-state index contributed by atoms with van der Waals surface area (Å²) in [5.41, 5.74) is -1.87. The minimum absolute atomic E-state index is 0.0319. The highest BCUT2D eigenvalue weighted by molar-refractivity contribution is 14.1. The van der Waals surface area contributed by atoms with E-state index in [9.17, 15) is 33.3 Å². The number of nitrogens with zero attached hydrogens (tertiary/aromatic N) is 4. The topological polar surface area (TPSA) is 193 Å². The van der Waals surface area contributed by atoms with Crippen molar-refractivity contribution in [2.45, 2.75) is 201 Å². The number of aliphatic hydroxyl groups excluding tert-OH is 1. The van der Waals surface area contributed by atoms with E-state index in [1.54, 1.807) is 63.2 Å². The fraction of sp³-hybridized carbons (Fsp3) is 0.830. The quantitative estimate of drug-likeness (QED) is 0.0262. The molecule has 0 amide bonds. The molecule has 0 aromatic heterocycles. The molecule has 1 aromatic rings. The van der Waals surface area contributed by atoms with E-state index in [-0.39, 0.29) is 50.1 Å². The average molecular weight is 1300 g/mol. The first-order chi connectivity index (χ1) is 35.0. The second-order valence-electron chi connectivity index (χ2n) is 22.9. The number of carbonyl (C=O) groups excluding carboxylic acids is 1. The standard InChI is InChI=1S/C53H89F3I2N6O11/c1-31-24-51(8,67)47(34(4)44(73-43-26-50(7,70-13)25-33(3)72-43)35(5)48(66)75-49(57)52(9,68)46(65)36(6)62(11)28-31)74-42-23-40(22-32(2)71-42)61(10)20-18-38(60-58)29-64(59)41(27-54)45(69-12)37-14-16-39(17-15-37)63-21-19-53(55,56)30-63/h14-17,29,31-36,40-47,49,60,65,67-68H,18-28,30,59H2,1-13H3/b38-29-/t31-,32-,33+,34+,35-,36-,40+,41-,42+,43+,44+,45-,46-,47-,49+,50+,51-,52+/m1/s1. The molecule has 0 bridgehead atoms. The van der Waals surface area contributed by atoms with Gasteiger partial charge in [0.2, 0.25) is 0 Å². The Morgan fingerprint density at radius 3 is 2.24 bits per heavy atom. The molecule has 4 aliphatic heterocycles. The van der Waals surface area contributed by atoms with Crippen molar-refractivity contribution in [2.75, 3.05) is 66.1 Å². The van der Waals surface area contributed by atoms with Gasteiger partial charge in [0.05, 0.1) is 70.9 Å². The lowest BCUT2D eigenvalue weighted by Gasteiger charge is -2.47. The molecular weight excluding hydrogens is 1210 g/mol. The van der Waals surface area contributed by atoms with Crippen molar-refractivity contribution in [1.29, 1.82) is 0 Å². The van der Waals surface area contributed by atoms with Gasteiger partial charge in [0.25, 0.3) is 5.92 Å². The maximum atomic E-state index is 14.9. The summed E-state index contributed by atoms with van der Waals surface area (Å²) in [7, 11) is 7.01. The van der Waals surface area contributed by atoms with Crippen LogP contribution in [0.15, 0.2) is 36.2 Å². The molecule has 0 saturated carbocycles. The molecule has 1 aromatic carbocycles. The number of nitrogens with two attached hydrogens (primary N) is 1. The van der Waals surface area contributed by atoms with Crippen LogP contribution in [-0.2, 0) is 38.0 Å². The van der Waals surface area contributed by atoms with Crippen LogP contribution in [-0.4, -0.2) is 185 Å². The number of alkyl halides is 4. The molecule has 75 heavy (non-hydrogen) atoms. The maximum absolute atomic E-state index is 14.9. The van der Waals surface area contributed by atoms with Gasteiger partial charge >= 0.3 is 5.97 Å². The molecule has 0 radical (unpaired) electrons. The van der Waals surface area contributed by atoms with Gasteiger partial charge in [-0.05, 0) is 122 Å². The van der Waals surface area contributed by atoms with Crippen molar-refractivity contribution < 1.29 is 66.4 Å². The van der Waals surface area contributed by atoms with Crippen LogP contribution in [0.5, 0.6) is 0 Å². The first kappa shape index (κ1) is 64.4. The molecule has 17 nitrogen and oxygen atoms in total. The highest BCUT2D eigenvalue weighted by atomic mass is 127. The smallest absolute Gasteiger partial charge is 0.312 e. The Morgan fingerprint density at radius 2 is 1.65 bits per heavy atom. The van der Waals surface area contributed by atoms with E-state index in [4.69, 9.17) is 39.0 Å². The van der Waals surface area contributed by atoms with E-state index in [1.165, 1.54) is 19.0 Å². The summed E-state index contributed by atoms with van der Waals surface area (Å²) >= 11 is 3.89. The summed E-state index contributed by atoms with van der Waals surface area (Å²) in [5, 5.41) is 37.4. The van der Waals surface area contributed by atoms with Gasteiger partial charge in [-0.3, -0.25) is 4.79 Å². The van der Waals surface area contributed by atoms with Gasteiger partial charge in [-0.1, -0.05) is 26.0 Å². The van der Waals surface area contributed by atoms with Crippen LogP contribution in [0.1, 0.15) is 119 Å². The lowest BCUT2D eigenvalue weighted by Crippen LogP contribution is -2.57. The molecule has 5 rings (SSSR count). The van der Waals surface area contributed by atoms with Gasteiger partial charge < -0.3 is 71.7 Å². The summed E-state index contributed by atoms with van der Waals surface area (Å²) in [5.74, 6) is 1.38. The van der Waals surface area contributed by atoms with Gasteiger partial charge in [0.1, 0.15) is 30.5 Å². The molecular formula is C53H89F3I2N6O11. The maximum Gasteiger partial charge on any atom is 0.312 e. The zero-order valence-corrected chi connectivity index (χ0v) is 50.7. The minimum Gasteiger partial charge on any atom is -0.448 e. The number of rotatable bonds is 17. The van der Waals surface area contributed by atoms with Gasteiger partial charge in [0, 0.05) is 102 Å². The molecule has 4 saturated heterocycles. The van der Waals surface area contributed by atoms with Crippen molar-refractivity contribution in [3.63, 3.8) is 0 Å². The van der Waals surface area contributed by atoms with Crippen LogP contribution < -0.4 is 14.3 Å². The molecule has 432 valence electrons. The predicted octanol–water partition coefficient (Wildman–Crippen LogP) is 7.23. The normalized spacial score (nSPS) is 38.9. The number of esters is 1. The Balaban J connectivity index is 1.37. The van der Waals surface area contributed by atoms with Gasteiger partial charge in [-0.25, -0.2) is 19.0 Å². The third-order valence-corrected chi connectivity index (χ3v) is 18.4. The molecule has 0 aliphatic carbocycles. The first-order valence-corrected chi connectivity index (χ1v) is 28.8. The number of nitrogens with one attached hydrogen (secondary N) is 1. The number of carbonyl (C=O) groups is 1. The van der Waals surface area contributed by atoms with Crippen molar-refractivity contribution in [1.82, 2.24) is 18.3 Å². The number of halogens is 5. The molecule has 22 heteroatoms. The number of likely N-dealkylation sites (N-methyl/N-ethyl adjacent to an activating group) is 1. The molecule has 4 heterocycles. The monoisotopic (exact) mass is 1300 g/mol. The van der Waals surface area contributed by atoms with Gasteiger partial charge in [-0.2, -0.15) is 0 Å². The third-order valence-electron chi connectivity index (χ3n) is 16.2. The van der Waals surface area contributed by atoms with Crippen LogP contribution >= 0.6 is 45.5 Å². The van der Waals surface area contributed by atoms with Crippen LogP contribution in [0.25, 0.3) is 0 Å². The number of anilines is 1. The Kier molecular flexibility index (Phi) is 23.5. The highest BCUT2D eigenvalue weighted by Crippen LogP contribution is 2.41. The zero-order chi connectivity index (χ0) is 56.0. The minimum atomic E-state index is -2.73. The first-order valence-electron chi connectivity index (χ1n) is 26.4. The summed E-state index contributed by atoms with van der Waals surface area (Å²) < 4.78 is 89.4. The summed E-state index contributed by atoms with van der Waals surface area (Å²) in [4.78, 5) is 20.1. The Hall–Kier alpha value is -1.40. The number of aliphatic hydroxyl groups is 3. The van der Waals surface area contributed by atoms with Crippen molar-refractivity contribution in [2.24, 2.45) is 23.6 Å². The number of cyclic esters (lactones) is 1. The van der Waals surface area contributed by atoms with Crippen LogP contribution in [0.4, 0.5) is 18.9 Å². The number of ether oxygens (including phenoxy) is 7. The van der Waals surface area contributed by atoms with Gasteiger partial charge in [-0.15, -0.1) is 0 Å². The van der Waals surface area contributed by atoms with E-state index >= 15 is 0 Å². The van der Waals surface area contributed by atoms with Crippen molar-refractivity contribution >= 4 is 57.1 Å². The van der Waals surface area contributed by atoms with Crippen molar-refractivity contribution in [3.8, 4) is 0 Å². The van der Waals surface area contributed by atoms with E-state index in [1.807, 2.05) is 99.1 Å². The van der Waals surface area contributed by atoms with E-state index in [2.05, 4.69) is 8.43 Å². The third kappa shape index (κ3) is 16.8. The highest BCUT2D eigenvalue weighted by Gasteiger charge is 2.51. The zero-order valence-electron chi connectivity index (χ0n) is 46.4. The fourth-order valence-corrected chi connectivity index (χ4v) is 12.7. The predicted molar refractivity (Wildman–Crippen MR) is 298 cm³/mol. The molecule has 4 aliphatic rings. The molecule has 4 fully saturated rings. The van der Waals surface area contributed by atoms with Gasteiger partial charge in [0.15, 0.2) is 16.7 Å². The number of hydrazine groups is 1.